The zero-order valence-electron chi connectivity index (χ0n) is 22.3. The second kappa shape index (κ2) is 11.2. The Morgan fingerprint density at radius 3 is 2.50 bits per heavy atom. The van der Waals surface area contributed by atoms with Gasteiger partial charge in [0.05, 0.1) is 5.69 Å². The van der Waals surface area contributed by atoms with Crippen molar-refractivity contribution in [3.63, 3.8) is 0 Å². The third kappa shape index (κ3) is 5.63. The van der Waals surface area contributed by atoms with Crippen molar-refractivity contribution in [1.82, 2.24) is 14.8 Å². The highest BCUT2D eigenvalue weighted by Gasteiger charge is 2.57. The Morgan fingerprint density at radius 1 is 1.15 bits per heavy atom. The Morgan fingerprint density at radius 2 is 1.88 bits per heavy atom. The van der Waals surface area contributed by atoms with Crippen molar-refractivity contribution < 1.29 is 23.5 Å². The Balaban J connectivity index is 1.30. The van der Waals surface area contributed by atoms with Crippen molar-refractivity contribution in [1.29, 1.82) is 0 Å². The number of urea groups is 1. The van der Waals surface area contributed by atoms with E-state index in [1.165, 1.54) is 40.6 Å². The number of nitrogens with one attached hydrogen (secondary N) is 1. The maximum absolute atomic E-state index is 15.4. The molecule has 12 heteroatoms. The number of nitrogens with two attached hydrogens (primary N) is 1. The molecule has 0 spiro atoms. The lowest BCUT2D eigenvalue weighted by atomic mass is 10.0. The predicted octanol–water partition coefficient (Wildman–Crippen LogP) is 4.56. The molecule has 2 fully saturated rings. The number of piperidine rings is 1. The molecule has 1 aliphatic heterocycles. The van der Waals surface area contributed by atoms with Crippen LogP contribution in [0.1, 0.15) is 25.7 Å². The Hall–Kier alpha value is -4.03. The average Bonchev–Trinajstić information content (AvgIpc) is 3.59. The summed E-state index contributed by atoms with van der Waals surface area (Å²) in [6.45, 7) is 1.87. The fourth-order valence-electron chi connectivity index (χ4n) is 4.79. The molecule has 10 nitrogen and oxygen atoms in total. The number of thiophene rings is 1. The van der Waals surface area contributed by atoms with Gasteiger partial charge < -0.3 is 20.3 Å². The monoisotopic (exact) mass is 566 g/mol. The summed E-state index contributed by atoms with van der Waals surface area (Å²) in [6.07, 6.45) is 3.96. The minimum Gasteiger partial charge on any atom is -0.457 e. The SMILES string of the molecule is CN1CCC(N(C)C(=O)Nc2cc(Oc3ccc(N(C(=O)C4(C(N)=O)CC4)c4cccs4)c(F)c3)ccn2)CC1. The number of rotatable bonds is 8. The van der Waals surface area contributed by atoms with E-state index < -0.39 is 23.0 Å². The van der Waals surface area contributed by atoms with Crippen molar-refractivity contribution in [2.75, 3.05) is 37.4 Å². The van der Waals surface area contributed by atoms with E-state index in [2.05, 4.69) is 22.2 Å². The zero-order valence-corrected chi connectivity index (χ0v) is 23.1. The molecule has 0 atom stereocenters. The quantitative estimate of drug-likeness (QED) is 0.386. The number of benzene rings is 1. The third-order valence-electron chi connectivity index (χ3n) is 7.48. The number of nitrogens with zero attached hydrogens (tertiary/aromatic N) is 4. The van der Waals surface area contributed by atoms with Gasteiger partial charge in [-0.3, -0.25) is 19.8 Å². The lowest BCUT2D eigenvalue weighted by Gasteiger charge is -2.34. The van der Waals surface area contributed by atoms with E-state index in [0.29, 0.717) is 29.4 Å². The van der Waals surface area contributed by atoms with Gasteiger partial charge in [-0.05, 0) is 81.5 Å². The minimum atomic E-state index is -1.31. The molecule has 2 aliphatic rings. The number of hydrogen-bond donors (Lipinski definition) is 2. The smallest absolute Gasteiger partial charge is 0.323 e. The molecule has 2 aromatic heterocycles. The van der Waals surface area contributed by atoms with Crippen LogP contribution in [0, 0.1) is 11.2 Å². The van der Waals surface area contributed by atoms with Crippen LogP contribution in [-0.2, 0) is 9.59 Å². The van der Waals surface area contributed by atoms with Gasteiger partial charge in [0.25, 0.3) is 0 Å². The van der Waals surface area contributed by atoms with E-state index in [0.717, 1.165) is 25.9 Å². The van der Waals surface area contributed by atoms with Gasteiger partial charge in [-0.25, -0.2) is 14.2 Å². The summed E-state index contributed by atoms with van der Waals surface area (Å²) in [6, 6.07) is 10.6. The van der Waals surface area contributed by atoms with Gasteiger partial charge in [0.1, 0.15) is 27.7 Å². The molecule has 5 rings (SSSR count). The first-order chi connectivity index (χ1) is 19.2. The van der Waals surface area contributed by atoms with E-state index in [1.54, 1.807) is 41.6 Å². The van der Waals surface area contributed by atoms with Gasteiger partial charge in [0, 0.05) is 31.4 Å². The van der Waals surface area contributed by atoms with Crippen molar-refractivity contribution in [3.05, 3.63) is 59.9 Å². The summed E-state index contributed by atoms with van der Waals surface area (Å²) in [5, 5.41) is 5.04. The van der Waals surface area contributed by atoms with Crippen LogP contribution in [0.4, 0.5) is 25.7 Å². The molecule has 0 unspecified atom stereocenters. The minimum absolute atomic E-state index is 0.00745. The molecule has 40 heavy (non-hydrogen) atoms. The molecule has 210 valence electrons. The number of halogens is 1. The molecule has 1 saturated heterocycles. The van der Waals surface area contributed by atoms with Crippen LogP contribution < -0.4 is 20.7 Å². The molecule has 1 aromatic carbocycles. The van der Waals surface area contributed by atoms with E-state index in [1.807, 2.05) is 0 Å². The molecule has 1 saturated carbocycles. The number of aromatic nitrogens is 1. The molecule has 0 radical (unpaired) electrons. The summed E-state index contributed by atoms with van der Waals surface area (Å²) >= 11 is 1.25. The van der Waals surface area contributed by atoms with Crippen molar-refractivity contribution in [2.45, 2.75) is 31.7 Å². The average molecular weight is 567 g/mol. The van der Waals surface area contributed by atoms with Crippen LogP contribution in [0.5, 0.6) is 11.5 Å². The van der Waals surface area contributed by atoms with Gasteiger partial charge in [0.15, 0.2) is 5.82 Å². The fraction of sp³-hybridized carbons (Fsp3) is 0.357. The van der Waals surface area contributed by atoms with Crippen molar-refractivity contribution in [2.24, 2.45) is 11.1 Å². The molecular weight excluding hydrogens is 535 g/mol. The van der Waals surface area contributed by atoms with Gasteiger partial charge in [-0.1, -0.05) is 0 Å². The highest BCUT2D eigenvalue weighted by molar-refractivity contribution is 7.14. The summed E-state index contributed by atoms with van der Waals surface area (Å²) in [7, 11) is 3.84. The van der Waals surface area contributed by atoms with Crippen LogP contribution in [0.25, 0.3) is 0 Å². The standard InChI is InChI=1S/C28H31FN6O4S/c1-33-13-8-18(9-14-33)34(2)27(38)32-23-17-20(7-12-31-23)39-19-5-6-22(21(29)16-19)35(24-4-3-15-40-24)26(37)28(10-11-28)25(30)36/h3-7,12,15-18H,8-11,13-14H2,1-2H3,(H2,30,36)(H,31,32,38). The topological polar surface area (TPSA) is 121 Å². The second-order valence-electron chi connectivity index (χ2n) is 10.2. The van der Waals surface area contributed by atoms with Crippen LogP contribution in [0.2, 0.25) is 0 Å². The molecule has 1 aliphatic carbocycles. The predicted molar refractivity (Wildman–Crippen MR) is 150 cm³/mol. The number of likely N-dealkylation sites (tertiary alicyclic amines) is 1. The first kappa shape index (κ1) is 27.5. The number of hydrogen-bond acceptors (Lipinski definition) is 7. The summed E-state index contributed by atoms with van der Waals surface area (Å²) < 4.78 is 21.3. The first-order valence-electron chi connectivity index (χ1n) is 13.0. The van der Waals surface area contributed by atoms with Crippen molar-refractivity contribution >= 4 is 45.7 Å². The maximum Gasteiger partial charge on any atom is 0.323 e. The lowest BCUT2D eigenvalue weighted by molar-refractivity contribution is -0.133. The lowest BCUT2D eigenvalue weighted by Crippen LogP contribution is -2.46. The number of amides is 4. The summed E-state index contributed by atoms with van der Waals surface area (Å²) in [4.78, 5) is 47.5. The molecular formula is C28H31FN6O4S. The Labute approximate surface area is 235 Å². The third-order valence-corrected chi connectivity index (χ3v) is 8.33. The normalized spacial score (nSPS) is 16.7. The van der Waals surface area contributed by atoms with Crippen LogP contribution in [0.3, 0.4) is 0 Å². The number of primary amides is 1. The zero-order chi connectivity index (χ0) is 28.4. The number of ether oxygens (including phenoxy) is 1. The van der Waals surface area contributed by atoms with E-state index in [-0.39, 0.29) is 23.5 Å². The van der Waals surface area contributed by atoms with Crippen LogP contribution >= 0.6 is 11.3 Å². The van der Waals surface area contributed by atoms with E-state index in [4.69, 9.17) is 10.5 Å². The van der Waals surface area contributed by atoms with Crippen LogP contribution in [-0.4, -0.2) is 65.9 Å². The van der Waals surface area contributed by atoms with Crippen molar-refractivity contribution in [3.8, 4) is 11.5 Å². The molecule has 3 aromatic rings. The van der Waals surface area contributed by atoms with E-state index in [9.17, 15) is 14.4 Å². The largest absolute Gasteiger partial charge is 0.457 e. The summed E-state index contributed by atoms with van der Waals surface area (Å²) in [5.74, 6) is -1.14. The molecule has 3 N–H and O–H groups in total. The highest BCUT2D eigenvalue weighted by atomic mass is 32.1. The van der Waals surface area contributed by atoms with Gasteiger partial charge >= 0.3 is 6.03 Å². The number of anilines is 3. The number of carbonyl (C=O) groups is 3. The summed E-state index contributed by atoms with van der Waals surface area (Å²) in [5.41, 5.74) is 4.20. The van der Waals surface area contributed by atoms with Gasteiger partial charge in [-0.2, -0.15) is 0 Å². The molecule has 4 amide bonds. The highest BCUT2D eigenvalue weighted by Crippen LogP contribution is 2.50. The first-order valence-corrected chi connectivity index (χ1v) is 13.9. The molecule has 0 bridgehead atoms. The Kier molecular flexibility index (Phi) is 7.72. The van der Waals surface area contributed by atoms with Gasteiger partial charge in [0.2, 0.25) is 11.8 Å². The van der Waals surface area contributed by atoms with E-state index >= 15 is 4.39 Å². The second-order valence-corrected chi connectivity index (χ2v) is 11.1. The number of pyridine rings is 1. The molecule has 3 heterocycles. The Bertz CT molecular complexity index is 1410. The van der Waals surface area contributed by atoms with Gasteiger partial charge in [-0.15, -0.1) is 11.3 Å². The fourth-order valence-corrected chi connectivity index (χ4v) is 5.53. The number of carbonyl (C=O) groups excluding carboxylic acids is 3. The van der Waals surface area contributed by atoms with Crippen LogP contribution in [0.15, 0.2) is 54.0 Å². The maximum atomic E-state index is 15.4.